The van der Waals surface area contributed by atoms with E-state index in [1.165, 1.54) is 28.7 Å². The molecule has 2 bridgehead atoms. The number of nitrogens with two attached hydrogens (primary N) is 1. The van der Waals surface area contributed by atoms with Crippen LogP contribution in [0.5, 0.6) is 0 Å². The van der Waals surface area contributed by atoms with Crippen LogP contribution in [-0.2, 0) is 16.1 Å². The number of nitrogens with zero attached hydrogens (tertiary/aromatic N) is 2. The van der Waals surface area contributed by atoms with Crippen molar-refractivity contribution in [3.05, 3.63) is 20.8 Å². The Labute approximate surface area is 171 Å². The normalized spacial score (nSPS) is 23.1. The summed E-state index contributed by atoms with van der Waals surface area (Å²) in [4.78, 5) is 42.0. The van der Waals surface area contributed by atoms with Gasteiger partial charge in [0.05, 0.1) is 0 Å². The van der Waals surface area contributed by atoms with Gasteiger partial charge in [0.25, 0.3) is 5.56 Å². The highest BCUT2D eigenvalue weighted by Gasteiger charge is 2.41. The lowest BCUT2D eigenvalue weighted by molar-refractivity contribution is -0.120. The lowest BCUT2D eigenvalue weighted by Crippen LogP contribution is -2.42. The monoisotopic (exact) mass is 406 g/mol. The Balaban J connectivity index is 1.90. The van der Waals surface area contributed by atoms with E-state index in [-0.39, 0.29) is 23.3 Å². The largest absolute Gasteiger partial charge is 0.385 e. The van der Waals surface area contributed by atoms with Crippen molar-refractivity contribution in [2.45, 2.75) is 58.9 Å². The van der Waals surface area contributed by atoms with Crippen LogP contribution in [0.2, 0.25) is 0 Å². The second kappa shape index (κ2) is 9.15. The van der Waals surface area contributed by atoms with Crippen LogP contribution in [0, 0.1) is 23.7 Å². The Hall–Kier alpha value is -2.09. The van der Waals surface area contributed by atoms with Gasteiger partial charge in [0.15, 0.2) is 5.69 Å². The summed E-state index contributed by atoms with van der Waals surface area (Å²) in [5, 5.41) is 0. The number of ether oxygens (including phenoxy) is 1. The van der Waals surface area contributed by atoms with Crippen molar-refractivity contribution in [2.75, 3.05) is 30.9 Å². The zero-order chi connectivity index (χ0) is 21.1. The van der Waals surface area contributed by atoms with Crippen molar-refractivity contribution in [3.63, 3.8) is 0 Å². The standard InChI is InChI=1S/C21H34N4O4/c1-13(2)12-25-19(22)18(20(27)23-21(25)28)24(7-4-8-29-3)17(26)11-16-10-14-5-6-15(16)9-14/h13-16H,4-12,22H2,1-3H3,(H,23,27,28)/t14-,15-,16+/m0/s1. The molecule has 3 rings (SSSR count). The highest BCUT2D eigenvalue weighted by Crippen LogP contribution is 2.49. The van der Waals surface area contributed by atoms with Crippen LogP contribution in [0.15, 0.2) is 9.59 Å². The second-order valence-electron chi connectivity index (χ2n) is 9.03. The Kier molecular flexibility index (Phi) is 6.82. The molecule has 1 aromatic heterocycles. The van der Waals surface area contributed by atoms with Gasteiger partial charge in [-0.3, -0.25) is 19.1 Å². The fraction of sp³-hybridized carbons (Fsp3) is 0.762. The van der Waals surface area contributed by atoms with Crippen LogP contribution in [0.25, 0.3) is 0 Å². The van der Waals surface area contributed by atoms with E-state index in [2.05, 4.69) is 4.98 Å². The number of carbonyl (C=O) groups excluding carboxylic acids is 1. The number of anilines is 2. The predicted molar refractivity (Wildman–Crippen MR) is 113 cm³/mol. The van der Waals surface area contributed by atoms with E-state index < -0.39 is 11.2 Å². The molecule has 29 heavy (non-hydrogen) atoms. The summed E-state index contributed by atoms with van der Waals surface area (Å²) in [6.07, 6.45) is 5.82. The molecule has 1 aromatic rings. The number of carbonyl (C=O) groups is 1. The molecule has 3 N–H and O–H groups in total. The summed E-state index contributed by atoms with van der Waals surface area (Å²) in [5.74, 6) is 1.89. The zero-order valence-electron chi connectivity index (χ0n) is 17.8. The van der Waals surface area contributed by atoms with Gasteiger partial charge in [0.2, 0.25) is 5.91 Å². The van der Waals surface area contributed by atoms with E-state index in [4.69, 9.17) is 10.5 Å². The third kappa shape index (κ3) is 4.74. The summed E-state index contributed by atoms with van der Waals surface area (Å²) in [6.45, 7) is 5.11. The minimum Gasteiger partial charge on any atom is -0.385 e. The van der Waals surface area contributed by atoms with E-state index in [0.29, 0.717) is 44.4 Å². The predicted octanol–water partition coefficient (Wildman–Crippen LogP) is 1.97. The first kappa shape index (κ1) is 21.6. The minimum atomic E-state index is -0.605. The molecule has 0 aromatic carbocycles. The van der Waals surface area contributed by atoms with Gasteiger partial charge < -0.3 is 15.4 Å². The number of rotatable bonds is 9. The van der Waals surface area contributed by atoms with Gasteiger partial charge in [-0.15, -0.1) is 0 Å². The van der Waals surface area contributed by atoms with Crippen LogP contribution in [0.4, 0.5) is 11.5 Å². The highest BCUT2D eigenvalue weighted by atomic mass is 16.5. The SMILES string of the molecule is COCCCN(C(=O)C[C@H]1C[C@H]2CC[C@H]1C2)c1c(N)n(CC(C)C)c(=O)[nH]c1=O. The molecule has 0 spiro atoms. The van der Waals surface area contributed by atoms with E-state index in [0.717, 1.165) is 12.3 Å². The maximum Gasteiger partial charge on any atom is 0.330 e. The van der Waals surface area contributed by atoms with Crippen molar-refractivity contribution < 1.29 is 9.53 Å². The molecule has 2 aliphatic carbocycles. The molecule has 2 fully saturated rings. The average Bonchev–Trinajstić information content (AvgIpc) is 3.26. The van der Waals surface area contributed by atoms with Crippen molar-refractivity contribution in [2.24, 2.45) is 23.7 Å². The number of amides is 1. The molecular formula is C21H34N4O4. The second-order valence-corrected chi connectivity index (χ2v) is 9.03. The third-order valence-electron chi connectivity index (χ3n) is 6.38. The van der Waals surface area contributed by atoms with Gasteiger partial charge in [-0.2, -0.15) is 0 Å². The molecule has 3 atom stereocenters. The van der Waals surface area contributed by atoms with Gasteiger partial charge >= 0.3 is 5.69 Å². The van der Waals surface area contributed by atoms with Crippen molar-refractivity contribution in [1.82, 2.24) is 9.55 Å². The van der Waals surface area contributed by atoms with E-state index >= 15 is 0 Å². The third-order valence-corrected chi connectivity index (χ3v) is 6.38. The van der Waals surface area contributed by atoms with Crippen LogP contribution in [0.3, 0.4) is 0 Å². The van der Waals surface area contributed by atoms with Crippen LogP contribution >= 0.6 is 0 Å². The molecule has 8 nitrogen and oxygen atoms in total. The number of H-pyrrole nitrogens is 1. The van der Waals surface area contributed by atoms with Gasteiger partial charge in [0, 0.05) is 33.2 Å². The molecule has 0 radical (unpaired) electrons. The first-order valence-corrected chi connectivity index (χ1v) is 10.7. The fourth-order valence-electron chi connectivity index (χ4n) is 5.07. The molecule has 1 heterocycles. The Bertz CT molecular complexity index is 844. The number of fused-ring (bicyclic) bond motifs is 2. The topological polar surface area (TPSA) is 110 Å². The molecule has 2 saturated carbocycles. The van der Waals surface area contributed by atoms with Gasteiger partial charge in [-0.25, -0.2) is 4.79 Å². The first-order chi connectivity index (χ1) is 13.8. The molecule has 0 aliphatic heterocycles. The molecule has 1 amide bonds. The van der Waals surface area contributed by atoms with E-state index in [9.17, 15) is 14.4 Å². The zero-order valence-corrected chi connectivity index (χ0v) is 17.8. The van der Waals surface area contributed by atoms with Crippen LogP contribution < -0.4 is 21.9 Å². The maximum absolute atomic E-state index is 13.3. The Morgan fingerprint density at radius 3 is 2.66 bits per heavy atom. The molecular weight excluding hydrogens is 372 g/mol. The average molecular weight is 407 g/mol. The first-order valence-electron chi connectivity index (χ1n) is 10.7. The van der Waals surface area contributed by atoms with Gasteiger partial charge in [-0.1, -0.05) is 20.3 Å². The summed E-state index contributed by atoms with van der Waals surface area (Å²) in [5.41, 5.74) is 5.21. The maximum atomic E-state index is 13.3. The molecule has 8 heteroatoms. The summed E-state index contributed by atoms with van der Waals surface area (Å²) >= 11 is 0. The highest BCUT2D eigenvalue weighted by molar-refractivity contribution is 5.95. The molecule has 2 aliphatic rings. The van der Waals surface area contributed by atoms with Crippen molar-refractivity contribution in [3.8, 4) is 0 Å². The summed E-state index contributed by atoms with van der Waals surface area (Å²) in [6, 6.07) is 0. The van der Waals surface area contributed by atoms with E-state index in [1.807, 2.05) is 13.8 Å². The lowest BCUT2D eigenvalue weighted by Gasteiger charge is -2.28. The van der Waals surface area contributed by atoms with Crippen LogP contribution in [0.1, 0.15) is 52.4 Å². The number of nitrogen functional groups attached to an aromatic ring is 1. The quantitative estimate of drug-likeness (QED) is 0.609. The molecule has 0 saturated heterocycles. The molecule has 162 valence electrons. The number of aromatic amines is 1. The lowest BCUT2D eigenvalue weighted by atomic mass is 9.86. The number of aromatic nitrogens is 2. The summed E-state index contributed by atoms with van der Waals surface area (Å²) in [7, 11) is 1.60. The van der Waals surface area contributed by atoms with Crippen molar-refractivity contribution in [1.29, 1.82) is 0 Å². The fourth-order valence-corrected chi connectivity index (χ4v) is 5.07. The molecule has 0 unspecified atom stereocenters. The Morgan fingerprint density at radius 1 is 1.31 bits per heavy atom. The van der Waals surface area contributed by atoms with E-state index in [1.54, 1.807) is 7.11 Å². The van der Waals surface area contributed by atoms with Gasteiger partial charge in [0.1, 0.15) is 5.82 Å². The summed E-state index contributed by atoms with van der Waals surface area (Å²) < 4.78 is 6.48. The van der Waals surface area contributed by atoms with Crippen LogP contribution in [-0.4, -0.2) is 35.7 Å². The Morgan fingerprint density at radius 2 is 2.07 bits per heavy atom. The minimum absolute atomic E-state index is 0.0613. The number of hydrogen-bond acceptors (Lipinski definition) is 5. The number of hydrogen-bond donors (Lipinski definition) is 2. The van der Waals surface area contributed by atoms with Gasteiger partial charge in [-0.05, 0) is 49.4 Å². The smallest absolute Gasteiger partial charge is 0.330 e. The number of nitrogens with one attached hydrogen (secondary N) is 1. The van der Waals surface area contributed by atoms with Crippen molar-refractivity contribution >= 4 is 17.4 Å². The number of methoxy groups -OCH3 is 1.